The number of aliphatic hydroxyl groups is 1. The van der Waals surface area contributed by atoms with E-state index in [1.807, 2.05) is 30.5 Å². The van der Waals surface area contributed by atoms with E-state index >= 15 is 0 Å². The van der Waals surface area contributed by atoms with Gasteiger partial charge in [-0.15, -0.1) is 0 Å². The monoisotopic (exact) mass is 309 g/mol. The standard InChI is InChI=1S/C11H12N2O2.C3H7NO3/c12-9(11(14)15)5-7-6-13-10-4-2-1-3-8(7)10;4-2(1-5)3(6)7/h1-4,6,9,13H,5,12H2,(H,14,15);2,5H,1,4H2,(H,6,7)/t9-;/m0./s1. The largest absolute Gasteiger partial charge is 0.480 e. The van der Waals surface area contributed by atoms with Gasteiger partial charge in [-0.05, 0) is 11.6 Å². The first-order valence-corrected chi connectivity index (χ1v) is 6.49. The molecule has 1 aromatic heterocycles. The van der Waals surface area contributed by atoms with Gasteiger partial charge in [-0.25, -0.2) is 0 Å². The zero-order valence-corrected chi connectivity index (χ0v) is 11.8. The van der Waals surface area contributed by atoms with Crippen molar-refractivity contribution in [3.8, 4) is 0 Å². The van der Waals surface area contributed by atoms with Crippen molar-refractivity contribution in [3.05, 3.63) is 36.0 Å². The number of H-pyrrole nitrogens is 1. The van der Waals surface area contributed by atoms with E-state index in [0.717, 1.165) is 16.5 Å². The number of para-hydroxylation sites is 1. The maximum absolute atomic E-state index is 10.6. The number of aromatic nitrogens is 1. The molecule has 120 valence electrons. The Bertz CT molecular complexity index is 640. The van der Waals surface area contributed by atoms with Crippen LogP contribution in [0, 0.1) is 0 Å². The number of nitrogens with one attached hydrogen (secondary N) is 1. The number of carbonyl (C=O) groups is 2. The molecule has 8 N–H and O–H groups in total. The second-order valence-corrected chi connectivity index (χ2v) is 4.64. The van der Waals surface area contributed by atoms with E-state index in [9.17, 15) is 9.59 Å². The second-order valence-electron chi connectivity index (χ2n) is 4.64. The van der Waals surface area contributed by atoms with Gasteiger partial charge < -0.3 is 31.8 Å². The lowest BCUT2D eigenvalue weighted by Gasteiger charge is -2.04. The molecular weight excluding hydrogens is 290 g/mol. The fourth-order valence-electron chi connectivity index (χ4n) is 1.70. The summed E-state index contributed by atoms with van der Waals surface area (Å²) < 4.78 is 0. The molecule has 2 rings (SSSR count). The highest BCUT2D eigenvalue weighted by atomic mass is 16.4. The molecule has 1 aromatic carbocycles. The smallest absolute Gasteiger partial charge is 0.322 e. The van der Waals surface area contributed by atoms with E-state index in [-0.39, 0.29) is 0 Å². The average Bonchev–Trinajstić information content (AvgIpc) is 2.90. The number of aliphatic hydroxyl groups excluding tert-OH is 1. The van der Waals surface area contributed by atoms with E-state index in [2.05, 4.69) is 4.98 Å². The number of carboxylic acids is 2. The van der Waals surface area contributed by atoms with Crippen LogP contribution < -0.4 is 11.5 Å². The molecule has 8 nitrogen and oxygen atoms in total. The van der Waals surface area contributed by atoms with Gasteiger partial charge in [-0.1, -0.05) is 18.2 Å². The Hall–Kier alpha value is -2.42. The Balaban J connectivity index is 0.000000295. The van der Waals surface area contributed by atoms with Crippen LogP contribution in [0.25, 0.3) is 10.9 Å². The van der Waals surface area contributed by atoms with Crippen molar-refractivity contribution in [2.75, 3.05) is 6.61 Å². The predicted molar refractivity (Wildman–Crippen MR) is 80.3 cm³/mol. The van der Waals surface area contributed by atoms with Crippen LogP contribution in [0.5, 0.6) is 0 Å². The first-order chi connectivity index (χ1) is 10.4. The second kappa shape index (κ2) is 8.13. The van der Waals surface area contributed by atoms with Crippen molar-refractivity contribution in [3.63, 3.8) is 0 Å². The molecule has 2 aromatic rings. The number of hydrogen-bond acceptors (Lipinski definition) is 5. The highest BCUT2D eigenvalue weighted by molar-refractivity contribution is 5.84. The molecule has 0 aliphatic carbocycles. The summed E-state index contributed by atoms with van der Waals surface area (Å²) in [6.45, 7) is -0.505. The molecule has 22 heavy (non-hydrogen) atoms. The Labute approximate surface area is 126 Å². The minimum atomic E-state index is -1.18. The molecule has 0 radical (unpaired) electrons. The van der Waals surface area contributed by atoms with Crippen molar-refractivity contribution in [1.82, 2.24) is 4.98 Å². The van der Waals surface area contributed by atoms with E-state index in [4.69, 9.17) is 26.8 Å². The van der Waals surface area contributed by atoms with Gasteiger partial charge >= 0.3 is 11.9 Å². The molecule has 1 unspecified atom stereocenters. The van der Waals surface area contributed by atoms with Crippen LogP contribution in [-0.4, -0.2) is 50.9 Å². The molecule has 8 heteroatoms. The van der Waals surface area contributed by atoms with Crippen LogP contribution in [0.3, 0.4) is 0 Å². The van der Waals surface area contributed by atoms with E-state index in [1.54, 1.807) is 0 Å². The van der Waals surface area contributed by atoms with Crippen LogP contribution >= 0.6 is 0 Å². The van der Waals surface area contributed by atoms with Crippen LogP contribution in [0.1, 0.15) is 5.56 Å². The number of aliphatic carboxylic acids is 2. The molecule has 0 aliphatic heterocycles. The summed E-state index contributed by atoms with van der Waals surface area (Å²) in [6, 6.07) is 5.79. The molecule has 0 saturated carbocycles. The number of carboxylic acid groups (broad SMARTS) is 2. The van der Waals surface area contributed by atoms with Crippen molar-refractivity contribution < 1.29 is 24.9 Å². The highest BCUT2D eigenvalue weighted by Gasteiger charge is 2.14. The maximum Gasteiger partial charge on any atom is 0.322 e. The van der Waals surface area contributed by atoms with Gasteiger partial charge in [-0.3, -0.25) is 9.59 Å². The third kappa shape index (κ3) is 4.85. The van der Waals surface area contributed by atoms with Gasteiger partial charge in [0.25, 0.3) is 0 Å². The van der Waals surface area contributed by atoms with Gasteiger partial charge in [0.1, 0.15) is 12.1 Å². The molecule has 2 atom stereocenters. The lowest BCUT2D eigenvalue weighted by Crippen LogP contribution is -2.33. The van der Waals surface area contributed by atoms with Crippen LogP contribution in [-0.2, 0) is 16.0 Å². The van der Waals surface area contributed by atoms with Crippen LogP contribution in [0.4, 0.5) is 0 Å². The Kier molecular flexibility index (Phi) is 6.51. The number of nitrogens with two attached hydrogens (primary N) is 2. The zero-order chi connectivity index (χ0) is 16.7. The summed E-state index contributed by atoms with van der Waals surface area (Å²) in [6.07, 6.45) is 2.16. The van der Waals surface area contributed by atoms with E-state index < -0.39 is 30.6 Å². The third-order valence-electron chi connectivity index (χ3n) is 2.95. The fraction of sp³-hybridized carbons (Fsp3) is 0.286. The number of benzene rings is 1. The van der Waals surface area contributed by atoms with Crippen LogP contribution in [0.15, 0.2) is 30.5 Å². The predicted octanol–water partition coefficient (Wildman–Crippen LogP) is -0.487. The number of hydrogen-bond donors (Lipinski definition) is 6. The van der Waals surface area contributed by atoms with Gasteiger partial charge in [0.15, 0.2) is 0 Å². The minimum Gasteiger partial charge on any atom is -0.480 e. The Morgan fingerprint density at radius 3 is 2.18 bits per heavy atom. The van der Waals surface area contributed by atoms with E-state index in [0.29, 0.717) is 6.42 Å². The molecule has 0 fully saturated rings. The zero-order valence-electron chi connectivity index (χ0n) is 11.8. The lowest BCUT2D eigenvalue weighted by molar-refractivity contribution is -0.140. The van der Waals surface area contributed by atoms with Crippen molar-refractivity contribution >= 4 is 22.8 Å². The summed E-state index contributed by atoms with van der Waals surface area (Å²) in [7, 11) is 0. The highest BCUT2D eigenvalue weighted by Crippen LogP contribution is 2.18. The molecule has 0 spiro atoms. The SMILES string of the molecule is NC(CO)C(=O)O.N[C@@H](Cc1c[nH]c2ccccc12)C(=O)O. The first-order valence-electron chi connectivity index (χ1n) is 6.49. The summed E-state index contributed by atoms with van der Waals surface area (Å²) in [5.41, 5.74) is 12.2. The summed E-state index contributed by atoms with van der Waals surface area (Å²) in [5.74, 6) is -2.15. The minimum absolute atomic E-state index is 0.347. The van der Waals surface area contributed by atoms with E-state index in [1.165, 1.54) is 0 Å². The van der Waals surface area contributed by atoms with Gasteiger partial charge in [0.05, 0.1) is 6.61 Å². The normalized spacial score (nSPS) is 13.0. The summed E-state index contributed by atoms with van der Waals surface area (Å²) >= 11 is 0. The molecule has 0 bridgehead atoms. The molecule has 0 amide bonds. The molecule has 0 saturated heterocycles. The summed E-state index contributed by atoms with van der Waals surface area (Å²) in [4.78, 5) is 23.4. The van der Waals surface area contributed by atoms with Gasteiger partial charge in [-0.2, -0.15) is 0 Å². The van der Waals surface area contributed by atoms with Gasteiger partial charge in [0, 0.05) is 23.5 Å². The topological polar surface area (TPSA) is 163 Å². The average molecular weight is 309 g/mol. The quantitative estimate of drug-likeness (QED) is 0.434. The van der Waals surface area contributed by atoms with Crippen molar-refractivity contribution in [1.29, 1.82) is 0 Å². The number of rotatable bonds is 5. The Morgan fingerprint density at radius 2 is 1.68 bits per heavy atom. The summed E-state index contributed by atoms with van der Waals surface area (Å²) in [5, 5.41) is 25.7. The molecular formula is C14H19N3O5. The third-order valence-corrected chi connectivity index (χ3v) is 2.95. The van der Waals surface area contributed by atoms with Crippen molar-refractivity contribution in [2.45, 2.75) is 18.5 Å². The maximum atomic E-state index is 10.6. The molecule has 0 aliphatic rings. The Morgan fingerprint density at radius 1 is 1.09 bits per heavy atom. The molecule has 1 heterocycles. The van der Waals surface area contributed by atoms with Gasteiger partial charge in [0.2, 0.25) is 0 Å². The first kappa shape index (κ1) is 17.6. The van der Waals surface area contributed by atoms with Crippen molar-refractivity contribution in [2.24, 2.45) is 11.5 Å². The lowest BCUT2D eigenvalue weighted by atomic mass is 10.1. The fourth-order valence-corrected chi connectivity index (χ4v) is 1.70. The van der Waals surface area contributed by atoms with Crippen LogP contribution in [0.2, 0.25) is 0 Å². The number of fused-ring (bicyclic) bond motifs is 1. The number of aromatic amines is 1.